The van der Waals surface area contributed by atoms with E-state index in [0.717, 1.165) is 35.1 Å². The van der Waals surface area contributed by atoms with Gasteiger partial charge in [0, 0.05) is 6.42 Å². The van der Waals surface area contributed by atoms with Crippen LogP contribution in [0, 0.1) is 0 Å². The Labute approximate surface area is 180 Å². The molecule has 5 rings (SSSR count). The maximum absolute atomic E-state index is 13.3. The molecule has 0 bridgehead atoms. The molecule has 0 atom stereocenters. The standard InChI is InChI=1S/C24H21NO5S/c25-31(27,28)20-6-2-5-18(13-20)17-4-1-3-16(11-17)12-23(26)24(9-10-24)19-7-8-21-22(14-19)30-15-29-21/h1-8,11,13-14H,9-10,12,15H2,(H2,25,27,28). The molecule has 2 aliphatic rings. The van der Waals surface area contributed by atoms with Crippen LogP contribution in [0.3, 0.4) is 0 Å². The van der Waals surface area contributed by atoms with Gasteiger partial charge in [0.25, 0.3) is 0 Å². The van der Waals surface area contributed by atoms with E-state index in [0.29, 0.717) is 17.9 Å². The number of carbonyl (C=O) groups excluding carboxylic acids is 1. The highest BCUT2D eigenvalue weighted by atomic mass is 32.2. The molecule has 0 saturated heterocycles. The van der Waals surface area contributed by atoms with Gasteiger partial charge in [0.05, 0.1) is 10.3 Å². The molecule has 1 aliphatic carbocycles. The third-order valence-electron chi connectivity index (χ3n) is 6.00. The van der Waals surface area contributed by atoms with Gasteiger partial charge in [-0.1, -0.05) is 42.5 Å². The number of carbonyl (C=O) groups is 1. The molecule has 1 aliphatic heterocycles. The first kappa shape index (κ1) is 19.8. The number of hydrogen-bond acceptors (Lipinski definition) is 5. The second kappa shape index (κ2) is 7.21. The topological polar surface area (TPSA) is 95.7 Å². The van der Waals surface area contributed by atoms with Gasteiger partial charge in [0.2, 0.25) is 16.8 Å². The minimum Gasteiger partial charge on any atom is -0.454 e. The largest absolute Gasteiger partial charge is 0.454 e. The van der Waals surface area contributed by atoms with Crippen LogP contribution in [0.15, 0.2) is 71.6 Å². The van der Waals surface area contributed by atoms with Crippen LogP contribution < -0.4 is 14.6 Å². The molecule has 0 radical (unpaired) electrons. The van der Waals surface area contributed by atoms with Crippen LogP contribution in [0.2, 0.25) is 0 Å². The average Bonchev–Trinajstić information content (AvgIpc) is 3.44. The Morgan fingerprint density at radius 2 is 1.61 bits per heavy atom. The zero-order chi connectivity index (χ0) is 21.6. The summed E-state index contributed by atoms with van der Waals surface area (Å²) in [5, 5.41) is 5.25. The number of rotatable bonds is 6. The average molecular weight is 436 g/mol. The van der Waals surface area contributed by atoms with E-state index in [1.54, 1.807) is 12.1 Å². The summed E-state index contributed by atoms with van der Waals surface area (Å²) in [4.78, 5) is 13.3. The molecule has 6 nitrogen and oxygen atoms in total. The molecule has 1 fully saturated rings. The van der Waals surface area contributed by atoms with Crippen LogP contribution in [0.25, 0.3) is 11.1 Å². The molecule has 3 aromatic carbocycles. The van der Waals surface area contributed by atoms with E-state index < -0.39 is 15.4 Å². The predicted octanol–water partition coefficient (Wildman–Crippen LogP) is 3.57. The zero-order valence-electron chi connectivity index (χ0n) is 16.7. The quantitative estimate of drug-likeness (QED) is 0.639. The van der Waals surface area contributed by atoms with Crippen LogP contribution in [0.5, 0.6) is 11.5 Å². The van der Waals surface area contributed by atoms with Gasteiger partial charge < -0.3 is 9.47 Å². The molecule has 1 saturated carbocycles. The zero-order valence-corrected chi connectivity index (χ0v) is 17.5. The lowest BCUT2D eigenvalue weighted by molar-refractivity contribution is -0.120. The van der Waals surface area contributed by atoms with Crippen molar-refractivity contribution in [1.82, 2.24) is 0 Å². The molecule has 0 unspecified atom stereocenters. The Bertz CT molecular complexity index is 1290. The molecule has 2 N–H and O–H groups in total. The maximum atomic E-state index is 13.3. The smallest absolute Gasteiger partial charge is 0.238 e. The fourth-order valence-electron chi connectivity index (χ4n) is 4.12. The third kappa shape index (κ3) is 3.71. The molecule has 0 aromatic heterocycles. The number of nitrogens with two attached hydrogens (primary N) is 1. The van der Waals surface area contributed by atoms with Crippen LogP contribution in [0.1, 0.15) is 24.0 Å². The van der Waals surface area contributed by atoms with Gasteiger partial charge >= 0.3 is 0 Å². The predicted molar refractivity (Wildman–Crippen MR) is 115 cm³/mol. The maximum Gasteiger partial charge on any atom is 0.238 e. The molecule has 7 heteroatoms. The van der Waals surface area contributed by atoms with Crippen molar-refractivity contribution in [3.8, 4) is 22.6 Å². The van der Waals surface area contributed by atoms with Gasteiger partial charge in [-0.15, -0.1) is 0 Å². The summed E-state index contributed by atoms with van der Waals surface area (Å²) in [6.07, 6.45) is 1.94. The number of ketones is 1. The summed E-state index contributed by atoms with van der Waals surface area (Å²) in [5.41, 5.74) is 2.96. The molecule has 158 valence electrons. The number of ether oxygens (including phenoxy) is 2. The minimum absolute atomic E-state index is 0.0613. The van der Waals surface area contributed by atoms with E-state index in [1.807, 2.05) is 48.5 Å². The second-order valence-electron chi connectivity index (χ2n) is 8.02. The highest BCUT2D eigenvalue weighted by molar-refractivity contribution is 7.89. The fourth-order valence-corrected chi connectivity index (χ4v) is 4.68. The SMILES string of the molecule is NS(=O)(=O)c1cccc(-c2cccc(CC(=O)C3(c4ccc5c(c4)OCO5)CC3)c2)c1. The Kier molecular flexibility index (Phi) is 4.60. The monoisotopic (exact) mass is 435 g/mol. The van der Waals surface area contributed by atoms with Crippen LogP contribution in [-0.2, 0) is 26.7 Å². The highest BCUT2D eigenvalue weighted by Crippen LogP contribution is 2.51. The van der Waals surface area contributed by atoms with Gasteiger partial charge in [-0.2, -0.15) is 0 Å². The number of fused-ring (bicyclic) bond motifs is 1. The molecule has 0 spiro atoms. The first-order valence-corrected chi connectivity index (χ1v) is 11.6. The summed E-state index contributed by atoms with van der Waals surface area (Å²) < 4.78 is 34.2. The number of hydrogen-bond donors (Lipinski definition) is 1. The molecule has 1 heterocycles. The van der Waals surface area contributed by atoms with E-state index in [9.17, 15) is 13.2 Å². The lowest BCUT2D eigenvalue weighted by Crippen LogP contribution is -2.22. The molecular weight excluding hydrogens is 414 g/mol. The molecular formula is C24H21NO5S. The number of Topliss-reactive ketones (excluding diaryl/α,β-unsaturated/α-hetero) is 1. The normalized spacial score (nSPS) is 16.2. The minimum atomic E-state index is -3.78. The molecule has 0 amide bonds. The van der Waals surface area contributed by atoms with E-state index in [2.05, 4.69) is 0 Å². The second-order valence-corrected chi connectivity index (χ2v) is 9.58. The van der Waals surface area contributed by atoms with Crippen molar-refractivity contribution in [2.75, 3.05) is 6.79 Å². The summed E-state index contributed by atoms with van der Waals surface area (Å²) in [5.74, 6) is 1.57. The Hall–Kier alpha value is -3.16. The van der Waals surface area contributed by atoms with Gasteiger partial charge in [0.1, 0.15) is 5.78 Å². The van der Waals surface area contributed by atoms with Crippen molar-refractivity contribution < 1.29 is 22.7 Å². The third-order valence-corrected chi connectivity index (χ3v) is 6.91. The first-order valence-electron chi connectivity index (χ1n) is 10.0. The van der Waals surface area contributed by atoms with E-state index >= 15 is 0 Å². The number of primary sulfonamides is 1. The summed E-state index contributed by atoms with van der Waals surface area (Å²) in [6.45, 7) is 0.208. The van der Waals surface area contributed by atoms with Gasteiger partial charge in [-0.05, 0) is 59.4 Å². The van der Waals surface area contributed by atoms with Crippen molar-refractivity contribution in [2.24, 2.45) is 5.14 Å². The molecule has 3 aromatic rings. The molecule has 31 heavy (non-hydrogen) atoms. The Morgan fingerprint density at radius 1 is 0.903 bits per heavy atom. The van der Waals surface area contributed by atoms with Gasteiger partial charge in [0.15, 0.2) is 11.5 Å². The fraction of sp³-hybridized carbons (Fsp3) is 0.208. The van der Waals surface area contributed by atoms with Gasteiger partial charge in [-0.25, -0.2) is 13.6 Å². The Balaban J connectivity index is 1.40. The highest BCUT2D eigenvalue weighted by Gasteiger charge is 2.50. The summed E-state index contributed by atoms with van der Waals surface area (Å²) in [7, 11) is -3.78. The van der Waals surface area contributed by atoms with E-state index in [4.69, 9.17) is 14.6 Å². The summed E-state index contributed by atoms with van der Waals surface area (Å²) >= 11 is 0. The van der Waals surface area contributed by atoms with Crippen LogP contribution in [-0.4, -0.2) is 21.0 Å². The van der Waals surface area contributed by atoms with Crippen molar-refractivity contribution >= 4 is 15.8 Å². The van der Waals surface area contributed by atoms with E-state index in [1.165, 1.54) is 6.07 Å². The van der Waals surface area contributed by atoms with Crippen molar-refractivity contribution in [1.29, 1.82) is 0 Å². The Morgan fingerprint density at radius 3 is 2.35 bits per heavy atom. The van der Waals surface area contributed by atoms with E-state index in [-0.39, 0.29) is 17.5 Å². The lowest BCUT2D eigenvalue weighted by Gasteiger charge is -2.15. The number of benzene rings is 3. The van der Waals surface area contributed by atoms with Crippen molar-refractivity contribution in [2.45, 2.75) is 29.6 Å². The first-order chi connectivity index (χ1) is 14.8. The number of sulfonamides is 1. The van der Waals surface area contributed by atoms with Gasteiger partial charge in [-0.3, -0.25) is 4.79 Å². The van der Waals surface area contributed by atoms with Crippen molar-refractivity contribution in [3.63, 3.8) is 0 Å². The van der Waals surface area contributed by atoms with Crippen LogP contribution in [0.4, 0.5) is 0 Å². The van der Waals surface area contributed by atoms with Crippen LogP contribution >= 0.6 is 0 Å². The van der Waals surface area contributed by atoms with Crippen molar-refractivity contribution in [3.05, 3.63) is 77.9 Å². The lowest BCUT2D eigenvalue weighted by atomic mass is 9.87. The summed E-state index contributed by atoms with van der Waals surface area (Å²) in [6, 6.07) is 19.8.